The number of alkyl halides is 2. The number of halogens is 3. The van der Waals surface area contributed by atoms with Gasteiger partial charge in [0.1, 0.15) is 5.15 Å². The van der Waals surface area contributed by atoms with Crippen molar-refractivity contribution < 1.29 is 18.7 Å². The number of pyridine rings is 1. The van der Waals surface area contributed by atoms with E-state index in [-0.39, 0.29) is 11.3 Å². The van der Waals surface area contributed by atoms with Crippen molar-refractivity contribution in [1.29, 1.82) is 0 Å². The van der Waals surface area contributed by atoms with E-state index < -0.39 is 29.5 Å². The van der Waals surface area contributed by atoms with Crippen LogP contribution in [0.2, 0.25) is 5.15 Å². The second-order valence-corrected chi connectivity index (χ2v) is 3.13. The lowest BCUT2D eigenvalue weighted by atomic mass is 10.1. The SMILES string of the molecule is Nc1c(CC(=O)O)cnc(Cl)c1C(F)F. The molecule has 0 aliphatic rings. The molecule has 1 aromatic heterocycles. The summed E-state index contributed by atoms with van der Waals surface area (Å²) >= 11 is 5.41. The minimum Gasteiger partial charge on any atom is -0.481 e. The molecule has 0 bridgehead atoms. The van der Waals surface area contributed by atoms with Gasteiger partial charge in [-0.1, -0.05) is 11.6 Å². The lowest BCUT2D eigenvalue weighted by molar-refractivity contribution is -0.136. The number of hydrogen-bond acceptors (Lipinski definition) is 3. The maximum atomic E-state index is 12.5. The standard InChI is InChI=1S/C8H7ClF2N2O2/c9-7-5(8(10)11)6(12)3(2-13-7)1-4(14)15/h2,8H,1H2,(H2,12,13)(H,14,15). The van der Waals surface area contributed by atoms with Crippen molar-refractivity contribution in [2.24, 2.45) is 0 Å². The van der Waals surface area contributed by atoms with Crippen LogP contribution in [-0.2, 0) is 11.2 Å². The van der Waals surface area contributed by atoms with Crippen LogP contribution in [0.15, 0.2) is 6.20 Å². The van der Waals surface area contributed by atoms with Crippen LogP contribution in [0.4, 0.5) is 14.5 Å². The van der Waals surface area contributed by atoms with E-state index in [0.717, 1.165) is 6.20 Å². The van der Waals surface area contributed by atoms with Crippen LogP contribution in [0.1, 0.15) is 17.6 Å². The lowest BCUT2D eigenvalue weighted by Gasteiger charge is -2.09. The summed E-state index contributed by atoms with van der Waals surface area (Å²) in [7, 11) is 0. The van der Waals surface area contributed by atoms with Crippen LogP contribution >= 0.6 is 11.6 Å². The number of aliphatic carboxylic acids is 1. The number of rotatable bonds is 3. The molecular weight excluding hydrogens is 230 g/mol. The highest BCUT2D eigenvalue weighted by Gasteiger charge is 2.20. The highest BCUT2D eigenvalue weighted by Crippen LogP contribution is 2.32. The predicted molar refractivity (Wildman–Crippen MR) is 50.0 cm³/mol. The van der Waals surface area contributed by atoms with Gasteiger partial charge in [-0.05, 0) is 0 Å². The van der Waals surface area contributed by atoms with Crippen molar-refractivity contribution in [3.05, 3.63) is 22.5 Å². The molecule has 0 aliphatic heterocycles. The number of nitrogens with zero attached hydrogens (tertiary/aromatic N) is 1. The summed E-state index contributed by atoms with van der Waals surface area (Å²) in [6, 6.07) is 0. The van der Waals surface area contributed by atoms with Gasteiger partial charge in [-0.2, -0.15) is 0 Å². The first-order chi connectivity index (χ1) is 6.93. The minimum absolute atomic E-state index is 0.0298. The van der Waals surface area contributed by atoms with Crippen LogP contribution in [0, 0.1) is 0 Å². The smallest absolute Gasteiger partial charge is 0.307 e. The molecule has 0 atom stereocenters. The number of nitrogens with two attached hydrogens (primary N) is 1. The summed E-state index contributed by atoms with van der Waals surface area (Å²) in [4.78, 5) is 13.8. The van der Waals surface area contributed by atoms with Gasteiger partial charge in [0.25, 0.3) is 6.43 Å². The fourth-order valence-corrected chi connectivity index (χ4v) is 1.30. The maximum absolute atomic E-state index is 12.5. The zero-order valence-corrected chi connectivity index (χ0v) is 8.13. The lowest BCUT2D eigenvalue weighted by Crippen LogP contribution is -2.07. The van der Waals surface area contributed by atoms with Crippen molar-refractivity contribution >= 4 is 23.3 Å². The van der Waals surface area contributed by atoms with Crippen molar-refractivity contribution in [3.8, 4) is 0 Å². The van der Waals surface area contributed by atoms with Gasteiger partial charge in [-0.15, -0.1) is 0 Å². The fourth-order valence-electron chi connectivity index (χ4n) is 1.07. The summed E-state index contributed by atoms with van der Waals surface area (Å²) in [5.74, 6) is -1.17. The number of anilines is 1. The Balaban J connectivity index is 3.22. The summed E-state index contributed by atoms with van der Waals surface area (Å²) in [5.41, 5.74) is 4.47. The molecule has 7 heteroatoms. The Labute approximate surface area is 88.7 Å². The number of hydrogen-bond donors (Lipinski definition) is 2. The van der Waals surface area contributed by atoms with Crippen LogP contribution < -0.4 is 5.73 Å². The number of carboxylic acids is 1. The molecule has 0 radical (unpaired) electrons. The molecular formula is C8H7ClF2N2O2. The fraction of sp³-hybridized carbons (Fsp3) is 0.250. The normalized spacial score (nSPS) is 10.7. The topological polar surface area (TPSA) is 76.2 Å². The minimum atomic E-state index is -2.88. The number of aromatic nitrogens is 1. The van der Waals surface area contributed by atoms with E-state index in [1.807, 2.05) is 0 Å². The Morgan fingerprint density at radius 1 is 1.67 bits per heavy atom. The number of nitrogen functional groups attached to an aromatic ring is 1. The third-order valence-corrected chi connectivity index (χ3v) is 2.05. The van der Waals surface area contributed by atoms with Crippen LogP contribution in [0.5, 0.6) is 0 Å². The van der Waals surface area contributed by atoms with Crippen LogP contribution in [0.25, 0.3) is 0 Å². The third-order valence-electron chi connectivity index (χ3n) is 1.75. The van der Waals surface area contributed by atoms with Crippen LogP contribution in [0.3, 0.4) is 0 Å². The molecule has 0 saturated heterocycles. The zero-order chi connectivity index (χ0) is 11.6. The predicted octanol–water partition coefficient (Wildman–Crippen LogP) is 1.88. The average molecular weight is 237 g/mol. The van der Waals surface area contributed by atoms with Crippen molar-refractivity contribution in [3.63, 3.8) is 0 Å². The molecule has 1 rings (SSSR count). The molecule has 82 valence electrons. The largest absolute Gasteiger partial charge is 0.481 e. The molecule has 1 aromatic rings. The Kier molecular flexibility index (Phi) is 3.41. The van der Waals surface area contributed by atoms with E-state index in [2.05, 4.69) is 4.98 Å². The first kappa shape index (κ1) is 11.6. The van der Waals surface area contributed by atoms with Gasteiger partial charge in [0, 0.05) is 17.4 Å². The average Bonchev–Trinajstić information content (AvgIpc) is 2.09. The second-order valence-electron chi connectivity index (χ2n) is 2.77. The molecule has 0 unspecified atom stereocenters. The monoisotopic (exact) mass is 236 g/mol. The number of carbonyl (C=O) groups is 1. The van der Waals surface area contributed by atoms with E-state index in [1.54, 1.807) is 0 Å². The first-order valence-electron chi connectivity index (χ1n) is 3.86. The Morgan fingerprint density at radius 3 is 2.73 bits per heavy atom. The Bertz CT molecular complexity index is 398. The van der Waals surface area contributed by atoms with E-state index in [4.69, 9.17) is 22.4 Å². The van der Waals surface area contributed by atoms with E-state index in [1.165, 1.54) is 0 Å². The molecule has 0 aromatic carbocycles. The first-order valence-corrected chi connectivity index (χ1v) is 4.24. The summed E-state index contributed by atoms with van der Waals surface area (Å²) in [6.07, 6.45) is -2.26. The number of carboxylic acid groups (broad SMARTS) is 1. The Hall–Kier alpha value is -1.43. The molecule has 3 N–H and O–H groups in total. The molecule has 1 heterocycles. The summed E-state index contributed by atoms with van der Waals surface area (Å²) in [6.45, 7) is 0. The highest BCUT2D eigenvalue weighted by atomic mass is 35.5. The summed E-state index contributed by atoms with van der Waals surface area (Å²) in [5, 5.41) is 8.08. The Morgan fingerprint density at radius 2 is 2.27 bits per heavy atom. The highest BCUT2D eigenvalue weighted by molar-refractivity contribution is 6.30. The van der Waals surface area contributed by atoms with Gasteiger partial charge in [0.2, 0.25) is 0 Å². The molecule has 4 nitrogen and oxygen atoms in total. The van der Waals surface area contributed by atoms with Gasteiger partial charge < -0.3 is 10.8 Å². The van der Waals surface area contributed by atoms with Crippen molar-refractivity contribution in [2.75, 3.05) is 5.73 Å². The van der Waals surface area contributed by atoms with Gasteiger partial charge in [-0.3, -0.25) is 4.79 Å². The second kappa shape index (κ2) is 4.39. The molecule has 0 aliphatic carbocycles. The van der Waals surface area contributed by atoms with Crippen molar-refractivity contribution in [2.45, 2.75) is 12.8 Å². The zero-order valence-electron chi connectivity index (χ0n) is 7.38. The molecule has 0 saturated carbocycles. The van der Waals surface area contributed by atoms with Gasteiger partial charge >= 0.3 is 5.97 Å². The van der Waals surface area contributed by atoms with Crippen LogP contribution in [-0.4, -0.2) is 16.1 Å². The van der Waals surface area contributed by atoms with Gasteiger partial charge in [-0.25, -0.2) is 13.8 Å². The molecule has 0 spiro atoms. The molecule has 0 fully saturated rings. The van der Waals surface area contributed by atoms with Crippen molar-refractivity contribution in [1.82, 2.24) is 4.98 Å². The van der Waals surface area contributed by atoms with E-state index >= 15 is 0 Å². The van der Waals surface area contributed by atoms with E-state index in [9.17, 15) is 13.6 Å². The summed E-state index contributed by atoms with van der Waals surface area (Å²) < 4.78 is 24.9. The quantitative estimate of drug-likeness (QED) is 0.786. The molecule has 15 heavy (non-hydrogen) atoms. The third kappa shape index (κ3) is 2.53. The molecule has 0 amide bonds. The van der Waals surface area contributed by atoms with Gasteiger partial charge in [0.15, 0.2) is 0 Å². The van der Waals surface area contributed by atoms with E-state index in [0.29, 0.717) is 0 Å². The maximum Gasteiger partial charge on any atom is 0.307 e. The van der Waals surface area contributed by atoms with Gasteiger partial charge in [0.05, 0.1) is 12.0 Å².